The van der Waals surface area contributed by atoms with E-state index in [0.29, 0.717) is 5.02 Å². The van der Waals surface area contributed by atoms with Crippen molar-refractivity contribution in [2.75, 3.05) is 11.1 Å². The van der Waals surface area contributed by atoms with Gasteiger partial charge in [0.1, 0.15) is 0 Å². The fraction of sp³-hybridized carbons (Fsp3) is 0.211. The van der Waals surface area contributed by atoms with Gasteiger partial charge in [-0.25, -0.2) is 0 Å². The summed E-state index contributed by atoms with van der Waals surface area (Å²) in [6.45, 7) is 4.67. The normalized spacial score (nSPS) is 10.8. The van der Waals surface area contributed by atoms with Crippen molar-refractivity contribution in [1.29, 1.82) is 0 Å². The number of hydrogen-bond acceptors (Lipinski definition) is 4. The van der Waals surface area contributed by atoms with Crippen LogP contribution < -0.4 is 5.32 Å². The Balaban J connectivity index is 1.69. The minimum atomic E-state index is -0.0960. The number of nitrogens with zero attached hydrogens (tertiary/aromatic N) is 3. The molecular weight excluding hydrogens is 448 g/mol. The molecule has 1 amide bonds. The minimum Gasteiger partial charge on any atom is -0.325 e. The van der Waals surface area contributed by atoms with Gasteiger partial charge in [-0.3, -0.25) is 4.79 Å². The molecule has 8 heteroatoms. The molecule has 5 nitrogen and oxygen atoms in total. The predicted molar refractivity (Wildman–Crippen MR) is 114 cm³/mol. The highest BCUT2D eigenvalue weighted by molar-refractivity contribution is 9.10. The summed E-state index contributed by atoms with van der Waals surface area (Å²) < 4.78 is 3.02. The number of anilines is 1. The fourth-order valence-corrected chi connectivity index (χ4v) is 3.87. The quantitative estimate of drug-likeness (QED) is 0.494. The molecule has 140 valence electrons. The van der Waals surface area contributed by atoms with Crippen LogP contribution in [-0.4, -0.2) is 26.4 Å². The van der Waals surface area contributed by atoms with E-state index in [1.165, 1.54) is 11.8 Å². The number of nitrogens with one attached hydrogen (secondary N) is 1. The Morgan fingerprint density at radius 2 is 1.96 bits per heavy atom. The van der Waals surface area contributed by atoms with E-state index in [1.807, 2.05) is 48.7 Å². The average Bonchev–Trinajstić information content (AvgIpc) is 3.06. The van der Waals surface area contributed by atoms with Gasteiger partial charge in [-0.2, -0.15) is 0 Å². The van der Waals surface area contributed by atoms with Gasteiger partial charge in [0.05, 0.1) is 5.75 Å². The zero-order valence-electron chi connectivity index (χ0n) is 14.9. The summed E-state index contributed by atoms with van der Waals surface area (Å²) in [5.74, 6) is 0.947. The molecule has 0 fully saturated rings. The van der Waals surface area contributed by atoms with Crippen LogP contribution in [-0.2, 0) is 11.3 Å². The molecule has 0 spiro atoms. The maximum Gasteiger partial charge on any atom is 0.234 e. The number of aryl methyl sites for hydroxylation is 1. The van der Waals surface area contributed by atoms with Crippen molar-refractivity contribution in [2.24, 2.45) is 0 Å². The molecule has 3 aromatic rings. The zero-order chi connectivity index (χ0) is 19.4. The van der Waals surface area contributed by atoms with Crippen LogP contribution in [0, 0.1) is 6.92 Å². The highest BCUT2D eigenvalue weighted by Gasteiger charge is 2.15. The summed E-state index contributed by atoms with van der Waals surface area (Å²) in [7, 11) is 0. The van der Waals surface area contributed by atoms with E-state index in [2.05, 4.69) is 31.4 Å². The average molecular weight is 466 g/mol. The third kappa shape index (κ3) is 4.91. The number of amides is 1. The van der Waals surface area contributed by atoms with Gasteiger partial charge in [-0.15, -0.1) is 10.2 Å². The van der Waals surface area contributed by atoms with Crippen LogP contribution in [0.4, 0.5) is 5.69 Å². The second-order valence-electron chi connectivity index (χ2n) is 5.85. The Kier molecular flexibility index (Phi) is 6.57. The smallest absolute Gasteiger partial charge is 0.234 e. The Morgan fingerprint density at radius 1 is 1.22 bits per heavy atom. The number of hydrogen-bond donors (Lipinski definition) is 1. The molecule has 0 aliphatic rings. The molecule has 0 saturated heterocycles. The first-order valence-electron chi connectivity index (χ1n) is 8.36. The maximum atomic E-state index is 12.3. The first-order valence-corrected chi connectivity index (χ1v) is 10.5. The predicted octanol–water partition coefficient (Wildman–Crippen LogP) is 5.42. The lowest BCUT2D eigenvalue weighted by Gasteiger charge is -2.09. The lowest BCUT2D eigenvalue weighted by Crippen LogP contribution is -2.15. The van der Waals surface area contributed by atoms with Crippen molar-refractivity contribution in [3.05, 3.63) is 57.5 Å². The first-order chi connectivity index (χ1) is 13.0. The number of aromatic nitrogens is 3. The van der Waals surface area contributed by atoms with E-state index in [-0.39, 0.29) is 11.7 Å². The van der Waals surface area contributed by atoms with Crippen LogP contribution in [0.3, 0.4) is 0 Å². The SMILES string of the molecule is CCn1c(SCC(=O)Nc2ccc(Cl)cc2C)nnc1-c1ccc(Br)cc1. The molecule has 0 atom stereocenters. The third-order valence-corrected chi connectivity index (χ3v) is 5.66. The van der Waals surface area contributed by atoms with Gasteiger partial charge in [-0.05, 0) is 49.7 Å². The van der Waals surface area contributed by atoms with Gasteiger partial charge >= 0.3 is 0 Å². The summed E-state index contributed by atoms with van der Waals surface area (Å²) in [6, 6.07) is 13.3. The molecule has 1 aromatic heterocycles. The Labute approximate surface area is 175 Å². The first kappa shape index (κ1) is 19.9. The molecule has 0 saturated carbocycles. The number of halogens is 2. The van der Waals surface area contributed by atoms with Crippen molar-refractivity contribution in [3.63, 3.8) is 0 Å². The fourth-order valence-electron chi connectivity index (χ4n) is 2.58. The highest BCUT2D eigenvalue weighted by atomic mass is 79.9. The van der Waals surface area contributed by atoms with E-state index < -0.39 is 0 Å². The monoisotopic (exact) mass is 464 g/mol. The van der Waals surface area contributed by atoms with Crippen molar-refractivity contribution in [1.82, 2.24) is 14.8 Å². The molecule has 0 aliphatic carbocycles. The van der Waals surface area contributed by atoms with Crippen LogP contribution >= 0.6 is 39.3 Å². The zero-order valence-corrected chi connectivity index (χ0v) is 18.0. The number of carbonyl (C=O) groups is 1. The van der Waals surface area contributed by atoms with Crippen molar-refractivity contribution in [2.45, 2.75) is 25.5 Å². The summed E-state index contributed by atoms with van der Waals surface area (Å²) in [5.41, 5.74) is 2.67. The molecule has 2 aromatic carbocycles. The molecule has 1 N–H and O–H groups in total. The third-order valence-electron chi connectivity index (χ3n) is 3.93. The lowest BCUT2D eigenvalue weighted by molar-refractivity contribution is -0.113. The second kappa shape index (κ2) is 8.91. The largest absolute Gasteiger partial charge is 0.325 e. The summed E-state index contributed by atoms with van der Waals surface area (Å²) in [6.07, 6.45) is 0. The van der Waals surface area contributed by atoms with Crippen LogP contribution in [0.1, 0.15) is 12.5 Å². The van der Waals surface area contributed by atoms with Crippen molar-refractivity contribution >= 4 is 50.9 Å². The highest BCUT2D eigenvalue weighted by Crippen LogP contribution is 2.26. The topological polar surface area (TPSA) is 59.8 Å². The molecular formula is C19H18BrClN4OS. The summed E-state index contributed by atoms with van der Waals surface area (Å²) >= 11 is 10.8. The number of benzene rings is 2. The number of rotatable bonds is 6. The molecule has 27 heavy (non-hydrogen) atoms. The molecule has 0 radical (unpaired) electrons. The minimum absolute atomic E-state index is 0.0960. The van der Waals surface area contributed by atoms with Gasteiger partial charge in [0.15, 0.2) is 11.0 Å². The van der Waals surface area contributed by atoms with E-state index in [9.17, 15) is 4.79 Å². The maximum absolute atomic E-state index is 12.3. The lowest BCUT2D eigenvalue weighted by atomic mass is 10.2. The molecule has 0 aliphatic heterocycles. The molecule has 0 bridgehead atoms. The van der Waals surface area contributed by atoms with Gasteiger partial charge in [0.2, 0.25) is 5.91 Å². The standard InChI is InChI=1S/C19H18BrClN4OS/c1-3-25-18(13-4-6-14(20)7-5-13)23-24-19(25)27-11-17(26)22-16-9-8-15(21)10-12(16)2/h4-10H,3,11H2,1-2H3,(H,22,26). The Morgan fingerprint density at radius 3 is 2.63 bits per heavy atom. The molecule has 1 heterocycles. The van der Waals surface area contributed by atoms with Gasteiger partial charge in [0.25, 0.3) is 0 Å². The number of carbonyl (C=O) groups excluding carboxylic acids is 1. The van der Waals surface area contributed by atoms with Gasteiger partial charge in [-0.1, -0.05) is 51.4 Å². The van der Waals surface area contributed by atoms with Crippen molar-refractivity contribution < 1.29 is 4.79 Å². The van der Waals surface area contributed by atoms with E-state index in [4.69, 9.17) is 11.6 Å². The van der Waals surface area contributed by atoms with Gasteiger partial charge < -0.3 is 9.88 Å². The number of thioether (sulfide) groups is 1. The van der Waals surface area contributed by atoms with Crippen molar-refractivity contribution in [3.8, 4) is 11.4 Å². The molecule has 3 rings (SSSR count). The summed E-state index contributed by atoms with van der Waals surface area (Å²) in [4.78, 5) is 12.3. The van der Waals surface area contributed by atoms with E-state index in [0.717, 1.165) is 38.8 Å². The Bertz CT molecular complexity index is 959. The Hall–Kier alpha value is -1.83. The van der Waals surface area contributed by atoms with Crippen LogP contribution in [0.15, 0.2) is 52.1 Å². The van der Waals surface area contributed by atoms with Crippen LogP contribution in [0.2, 0.25) is 5.02 Å². The van der Waals surface area contributed by atoms with Crippen LogP contribution in [0.5, 0.6) is 0 Å². The van der Waals surface area contributed by atoms with Gasteiger partial charge in [0, 0.05) is 27.3 Å². The van der Waals surface area contributed by atoms with E-state index >= 15 is 0 Å². The van der Waals surface area contributed by atoms with Crippen LogP contribution in [0.25, 0.3) is 11.4 Å². The summed E-state index contributed by atoms with van der Waals surface area (Å²) in [5, 5.41) is 12.8. The molecule has 0 unspecified atom stereocenters. The second-order valence-corrected chi connectivity index (χ2v) is 8.15. The van der Waals surface area contributed by atoms with E-state index in [1.54, 1.807) is 12.1 Å².